The fourth-order valence-electron chi connectivity index (χ4n) is 8.36. The van der Waals surface area contributed by atoms with Crippen LogP contribution >= 0.6 is 0 Å². The number of fused-ring (bicyclic) bond motifs is 7. The minimum Gasteiger partial charge on any atom is -0.456 e. The van der Waals surface area contributed by atoms with Crippen LogP contribution in [-0.4, -0.2) is 4.57 Å². The summed E-state index contributed by atoms with van der Waals surface area (Å²) in [5, 5.41) is 7.03. The fraction of sp³-hybridized carbons (Fsp3) is 0. The van der Waals surface area contributed by atoms with E-state index in [1.807, 2.05) is 0 Å². The van der Waals surface area contributed by atoms with Crippen molar-refractivity contribution in [1.29, 1.82) is 0 Å². The number of benzene rings is 9. The number of anilines is 6. The van der Waals surface area contributed by atoms with Crippen molar-refractivity contribution in [3.8, 4) is 5.69 Å². The third-order valence-corrected chi connectivity index (χ3v) is 10.9. The summed E-state index contributed by atoms with van der Waals surface area (Å²) >= 11 is 0. The maximum absolute atomic E-state index is 6.41. The highest BCUT2D eigenvalue weighted by atomic mass is 16.3. The lowest BCUT2D eigenvalue weighted by molar-refractivity contribution is 0.669. The normalized spacial score (nSPS) is 11.6. The van der Waals surface area contributed by atoms with Crippen LogP contribution in [-0.2, 0) is 0 Å². The lowest BCUT2D eigenvalue weighted by atomic mass is 10.1. The van der Waals surface area contributed by atoms with Gasteiger partial charge in [-0.15, -0.1) is 0 Å². The standard InChI is InChI=1S/C52H35N3O/c1-4-17-38(18-5-1)53(43-28-30-51-48(34-43)47-31-36-15-10-11-16-37(36)32-52(47)56-51)41-23-14-24-42(33-41)54(39-19-6-2-7-20-39)44-27-29-46-45-25-12-13-26-49(45)55(50(46)35-44)40-21-8-3-9-22-40/h1-35H. The van der Waals surface area contributed by atoms with Crippen molar-refractivity contribution in [2.45, 2.75) is 0 Å². The zero-order chi connectivity index (χ0) is 37.0. The molecule has 0 fully saturated rings. The summed E-state index contributed by atoms with van der Waals surface area (Å²) in [5.74, 6) is 0. The third-order valence-electron chi connectivity index (χ3n) is 10.9. The molecule has 9 aromatic carbocycles. The van der Waals surface area contributed by atoms with Gasteiger partial charge in [0.2, 0.25) is 0 Å². The number of aromatic nitrogens is 1. The first-order valence-corrected chi connectivity index (χ1v) is 19.0. The van der Waals surface area contributed by atoms with Gasteiger partial charge in [-0.25, -0.2) is 0 Å². The zero-order valence-electron chi connectivity index (χ0n) is 30.5. The van der Waals surface area contributed by atoms with Crippen LogP contribution in [0.4, 0.5) is 34.1 Å². The van der Waals surface area contributed by atoms with Crippen molar-refractivity contribution in [2.75, 3.05) is 9.80 Å². The maximum Gasteiger partial charge on any atom is 0.136 e. The average molecular weight is 718 g/mol. The molecule has 4 nitrogen and oxygen atoms in total. The number of furan rings is 1. The molecule has 0 saturated heterocycles. The molecule has 0 spiro atoms. The first-order chi connectivity index (χ1) is 27.8. The van der Waals surface area contributed by atoms with E-state index < -0.39 is 0 Å². The van der Waals surface area contributed by atoms with Gasteiger partial charge < -0.3 is 18.8 Å². The number of rotatable bonds is 7. The van der Waals surface area contributed by atoms with Crippen LogP contribution in [0, 0.1) is 0 Å². The molecule has 264 valence electrons. The zero-order valence-corrected chi connectivity index (χ0v) is 30.5. The molecule has 2 heterocycles. The first kappa shape index (κ1) is 31.9. The van der Waals surface area contributed by atoms with E-state index in [4.69, 9.17) is 4.42 Å². The van der Waals surface area contributed by atoms with Crippen LogP contribution in [0.25, 0.3) is 60.2 Å². The summed E-state index contributed by atoms with van der Waals surface area (Å²) in [7, 11) is 0. The second-order valence-electron chi connectivity index (χ2n) is 14.2. The molecule has 0 atom stereocenters. The fourth-order valence-corrected chi connectivity index (χ4v) is 8.36. The molecule has 0 aliphatic carbocycles. The molecule has 0 saturated carbocycles. The summed E-state index contributed by atoms with van der Waals surface area (Å²) in [4.78, 5) is 4.69. The van der Waals surface area contributed by atoms with Gasteiger partial charge in [0, 0.05) is 61.4 Å². The van der Waals surface area contributed by atoms with Gasteiger partial charge in [-0.3, -0.25) is 0 Å². The molecule has 0 radical (unpaired) electrons. The lowest BCUT2D eigenvalue weighted by Gasteiger charge is -2.29. The Morgan fingerprint density at radius 1 is 0.304 bits per heavy atom. The van der Waals surface area contributed by atoms with E-state index in [0.29, 0.717) is 0 Å². The van der Waals surface area contributed by atoms with E-state index in [-0.39, 0.29) is 0 Å². The topological polar surface area (TPSA) is 24.6 Å². The quantitative estimate of drug-likeness (QED) is 0.164. The lowest BCUT2D eigenvalue weighted by Crippen LogP contribution is -2.13. The van der Waals surface area contributed by atoms with Gasteiger partial charge in [-0.2, -0.15) is 0 Å². The molecule has 11 aromatic rings. The Kier molecular flexibility index (Phi) is 7.46. The van der Waals surface area contributed by atoms with Crippen LogP contribution in [0.15, 0.2) is 217 Å². The molecule has 4 heteroatoms. The Hall–Kier alpha value is -7.56. The first-order valence-electron chi connectivity index (χ1n) is 19.0. The van der Waals surface area contributed by atoms with Crippen molar-refractivity contribution in [3.63, 3.8) is 0 Å². The third kappa shape index (κ3) is 5.31. The molecule has 0 bridgehead atoms. The van der Waals surface area contributed by atoms with E-state index in [1.165, 1.54) is 27.1 Å². The molecule has 0 aliphatic rings. The van der Waals surface area contributed by atoms with Crippen molar-refractivity contribution in [1.82, 2.24) is 4.57 Å². The van der Waals surface area contributed by atoms with Crippen LogP contribution in [0.3, 0.4) is 0 Å². The average Bonchev–Trinajstić information content (AvgIpc) is 3.78. The summed E-state index contributed by atoms with van der Waals surface area (Å²) in [6.07, 6.45) is 0. The molecule has 0 unspecified atom stereocenters. The molecule has 2 aromatic heterocycles. The van der Waals surface area contributed by atoms with Crippen LogP contribution in [0.1, 0.15) is 0 Å². The highest BCUT2D eigenvalue weighted by molar-refractivity contribution is 6.12. The molecule has 56 heavy (non-hydrogen) atoms. The van der Waals surface area contributed by atoms with E-state index in [1.54, 1.807) is 0 Å². The van der Waals surface area contributed by atoms with Crippen LogP contribution in [0.2, 0.25) is 0 Å². The van der Waals surface area contributed by atoms with Gasteiger partial charge in [-0.05, 0) is 114 Å². The van der Waals surface area contributed by atoms with Gasteiger partial charge in [0.05, 0.1) is 11.0 Å². The molecule has 0 aliphatic heterocycles. The largest absolute Gasteiger partial charge is 0.456 e. The summed E-state index contributed by atoms with van der Waals surface area (Å²) in [5.41, 5.74) is 11.6. The molecular weight excluding hydrogens is 683 g/mol. The van der Waals surface area contributed by atoms with Gasteiger partial charge in [0.1, 0.15) is 11.2 Å². The van der Waals surface area contributed by atoms with E-state index in [2.05, 4.69) is 227 Å². The van der Waals surface area contributed by atoms with E-state index >= 15 is 0 Å². The smallest absolute Gasteiger partial charge is 0.136 e. The molecular formula is C52H35N3O. The van der Waals surface area contributed by atoms with E-state index in [9.17, 15) is 0 Å². The predicted octanol–water partition coefficient (Wildman–Crippen LogP) is 14.8. The highest BCUT2D eigenvalue weighted by Crippen LogP contribution is 2.44. The molecule has 11 rings (SSSR count). The molecule has 0 N–H and O–H groups in total. The predicted molar refractivity (Wildman–Crippen MR) is 235 cm³/mol. The number of nitrogens with zero attached hydrogens (tertiary/aromatic N) is 3. The molecule has 0 amide bonds. The Bertz CT molecular complexity index is 3200. The number of hydrogen-bond donors (Lipinski definition) is 0. The van der Waals surface area contributed by atoms with Gasteiger partial charge >= 0.3 is 0 Å². The highest BCUT2D eigenvalue weighted by Gasteiger charge is 2.20. The van der Waals surface area contributed by atoms with Crippen LogP contribution in [0.5, 0.6) is 0 Å². The Labute approximate surface area is 324 Å². The van der Waals surface area contributed by atoms with Crippen molar-refractivity contribution >= 4 is 88.6 Å². The minimum absolute atomic E-state index is 0.874. The Morgan fingerprint density at radius 3 is 1.54 bits per heavy atom. The Morgan fingerprint density at radius 2 is 0.821 bits per heavy atom. The van der Waals surface area contributed by atoms with Gasteiger partial charge in [-0.1, -0.05) is 109 Å². The number of para-hydroxylation sites is 4. The van der Waals surface area contributed by atoms with Gasteiger partial charge in [0.15, 0.2) is 0 Å². The summed E-state index contributed by atoms with van der Waals surface area (Å²) in [6.45, 7) is 0. The minimum atomic E-state index is 0.874. The van der Waals surface area contributed by atoms with Crippen molar-refractivity contribution in [2.24, 2.45) is 0 Å². The maximum atomic E-state index is 6.41. The van der Waals surface area contributed by atoms with Crippen LogP contribution < -0.4 is 9.80 Å². The van der Waals surface area contributed by atoms with E-state index in [0.717, 1.165) is 67.3 Å². The second kappa shape index (κ2) is 13.1. The van der Waals surface area contributed by atoms with Crippen molar-refractivity contribution < 1.29 is 4.42 Å². The number of hydrogen-bond acceptors (Lipinski definition) is 3. The monoisotopic (exact) mass is 717 g/mol. The second-order valence-corrected chi connectivity index (χ2v) is 14.2. The van der Waals surface area contributed by atoms with Crippen molar-refractivity contribution in [3.05, 3.63) is 212 Å². The Balaban J connectivity index is 1.09. The SMILES string of the molecule is c1ccc(N(c2cccc(N(c3ccccc3)c3ccc4c5ccccc5n(-c5ccccc5)c4c3)c2)c2ccc3oc4cc5ccccc5cc4c3c2)cc1. The summed E-state index contributed by atoms with van der Waals surface area (Å²) in [6, 6.07) is 75.7. The van der Waals surface area contributed by atoms with Gasteiger partial charge in [0.25, 0.3) is 0 Å². The summed E-state index contributed by atoms with van der Waals surface area (Å²) < 4.78 is 8.79.